The summed E-state index contributed by atoms with van der Waals surface area (Å²) in [6.45, 7) is 5.94. The number of aryl methyl sites for hydroxylation is 1. The number of benzene rings is 2. The molecule has 0 fully saturated rings. The average Bonchev–Trinajstić information content (AvgIpc) is 3.28. The summed E-state index contributed by atoms with van der Waals surface area (Å²) in [6, 6.07) is 13.4. The van der Waals surface area contributed by atoms with E-state index in [1.54, 1.807) is 17.8 Å². The van der Waals surface area contributed by atoms with E-state index in [2.05, 4.69) is 36.6 Å². The van der Waals surface area contributed by atoms with Crippen LogP contribution in [0.25, 0.3) is 10.9 Å². The number of carbonyl (C=O) groups excluding carboxylic acids is 4. The van der Waals surface area contributed by atoms with Gasteiger partial charge in [-0.2, -0.15) is 5.10 Å². The molecule has 4 N–H and O–H groups in total. The number of nitrogens with one attached hydrogen (secondary N) is 4. The van der Waals surface area contributed by atoms with Gasteiger partial charge in [-0.15, -0.1) is 0 Å². The topological polar surface area (TPSA) is 134 Å². The van der Waals surface area contributed by atoms with Crippen LogP contribution in [0.2, 0.25) is 0 Å². The first-order valence-corrected chi connectivity index (χ1v) is 13.4. The summed E-state index contributed by atoms with van der Waals surface area (Å²) >= 11 is 0. The zero-order chi connectivity index (χ0) is 28.6. The Balaban J connectivity index is 1.61. The molecule has 0 bridgehead atoms. The van der Waals surface area contributed by atoms with Crippen molar-refractivity contribution < 1.29 is 19.2 Å². The van der Waals surface area contributed by atoms with E-state index in [1.807, 2.05) is 69.4 Å². The molecule has 4 amide bonds. The maximum atomic E-state index is 13.3. The fraction of sp³-hybridized carbons (Fsp3) is 0.393. The summed E-state index contributed by atoms with van der Waals surface area (Å²) in [5.41, 5.74) is 2.63. The van der Waals surface area contributed by atoms with E-state index in [9.17, 15) is 19.2 Å². The maximum Gasteiger partial charge on any atom is 0.315 e. The minimum atomic E-state index is -1.49. The van der Waals surface area contributed by atoms with Crippen LogP contribution in [0.3, 0.4) is 0 Å². The molecule has 1 heterocycles. The molecule has 3 rings (SSSR count). The van der Waals surface area contributed by atoms with Crippen molar-refractivity contribution in [3.63, 3.8) is 0 Å². The average molecular weight is 548 g/mol. The quantitative estimate of drug-likeness (QED) is 0.203. The molecule has 39 heavy (non-hydrogen) atoms. The van der Waals surface area contributed by atoms with E-state index in [1.165, 1.54) is 0 Å². The van der Waals surface area contributed by atoms with Crippen LogP contribution in [0.4, 0.5) is 4.79 Å². The van der Waals surface area contributed by atoms with Crippen molar-refractivity contribution in [1.29, 1.82) is 0 Å². The van der Waals surface area contributed by atoms with Gasteiger partial charge in [0.15, 0.2) is 0 Å². The van der Waals surface area contributed by atoms with Gasteiger partial charge >= 0.3 is 6.03 Å². The Bertz CT molecular complexity index is 1330. The van der Waals surface area contributed by atoms with Gasteiger partial charge in [0.05, 0.1) is 28.0 Å². The summed E-state index contributed by atoms with van der Waals surface area (Å²) in [7, 11) is 5.30. The van der Waals surface area contributed by atoms with Gasteiger partial charge in [0.25, 0.3) is 5.91 Å². The minimum absolute atomic E-state index is 0.0264. The van der Waals surface area contributed by atoms with Crippen molar-refractivity contribution in [3.05, 3.63) is 65.9 Å². The third kappa shape index (κ3) is 8.00. The van der Waals surface area contributed by atoms with Crippen LogP contribution in [0.1, 0.15) is 44.7 Å². The van der Waals surface area contributed by atoms with Crippen molar-refractivity contribution in [3.8, 4) is 0 Å². The lowest BCUT2D eigenvalue weighted by Crippen LogP contribution is -2.64. The van der Waals surface area contributed by atoms with Crippen LogP contribution >= 0.6 is 0 Å². The third-order valence-corrected chi connectivity index (χ3v) is 6.80. The highest BCUT2D eigenvalue weighted by molar-refractivity contribution is 6.39. The van der Waals surface area contributed by atoms with Gasteiger partial charge in [-0.1, -0.05) is 63.2 Å². The lowest BCUT2D eigenvalue weighted by molar-refractivity contribution is -0.140. The second kappa shape index (κ2) is 13.2. The predicted molar refractivity (Wildman–Crippen MR) is 150 cm³/mol. The first kappa shape index (κ1) is 29.6. The number of urea groups is 1. The molecule has 2 atom stereocenters. The highest BCUT2D eigenvalue weighted by Crippen LogP contribution is 2.16. The molecule has 205 valence electrons. The fourth-order valence-electron chi connectivity index (χ4n) is 4.19. The molecular formula is C28H35N6O4Si. The predicted octanol–water partition coefficient (Wildman–Crippen LogP) is 2.06. The van der Waals surface area contributed by atoms with Gasteiger partial charge < -0.3 is 21.3 Å². The molecule has 1 unspecified atom stereocenters. The number of amides is 4. The molecule has 0 aliphatic rings. The Kier molecular flexibility index (Phi) is 9.99. The minimum Gasteiger partial charge on any atom is -0.345 e. The molecule has 0 aliphatic heterocycles. The molecule has 0 aliphatic carbocycles. The number of hydrogen-bond donors (Lipinski definition) is 4. The Morgan fingerprint density at radius 2 is 1.69 bits per heavy atom. The standard InChI is InChI=1S/C28H35N6O4Si/c1-5-22(24(35)25(36)29-16-20-11-12-21-17-31-34(4)23(21)13-20)32-26(37)28(39,14-18(2)3)33-27(38)30-15-19-9-7-6-8-10-19/h6-13,17-18,22H,5,14-16H2,1-4H3,(H,29,36)(H,32,37)(H2,30,33,38)/t22?,28-/m0/s1. The van der Waals surface area contributed by atoms with Gasteiger partial charge in [-0.25, -0.2) is 4.79 Å². The maximum absolute atomic E-state index is 13.3. The Morgan fingerprint density at radius 1 is 1.00 bits per heavy atom. The van der Waals surface area contributed by atoms with Gasteiger partial charge in [0, 0.05) is 25.5 Å². The van der Waals surface area contributed by atoms with Crippen molar-refractivity contribution in [1.82, 2.24) is 31.0 Å². The van der Waals surface area contributed by atoms with Crippen molar-refractivity contribution >= 4 is 44.8 Å². The monoisotopic (exact) mass is 547 g/mol. The van der Waals surface area contributed by atoms with Gasteiger partial charge in [0.1, 0.15) is 5.16 Å². The zero-order valence-corrected chi connectivity index (χ0v) is 23.7. The molecule has 1 aromatic heterocycles. The number of rotatable bonds is 12. The summed E-state index contributed by atoms with van der Waals surface area (Å²) in [5, 5.41) is 14.4. The lowest BCUT2D eigenvalue weighted by Gasteiger charge is -2.32. The Morgan fingerprint density at radius 3 is 2.36 bits per heavy atom. The molecular weight excluding hydrogens is 512 g/mol. The van der Waals surface area contributed by atoms with E-state index in [0.717, 1.165) is 22.0 Å². The van der Waals surface area contributed by atoms with E-state index in [-0.39, 0.29) is 31.8 Å². The molecule has 3 radical (unpaired) electrons. The van der Waals surface area contributed by atoms with Crippen molar-refractivity contribution in [2.45, 2.75) is 57.9 Å². The number of hydrogen-bond acceptors (Lipinski definition) is 5. The lowest BCUT2D eigenvalue weighted by atomic mass is 10.0. The van der Waals surface area contributed by atoms with Crippen LogP contribution in [0.5, 0.6) is 0 Å². The summed E-state index contributed by atoms with van der Waals surface area (Å²) in [6.07, 6.45) is 2.20. The van der Waals surface area contributed by atoms with Crippen molar-refractivity contribution in [2.75, 3.05) is 0 Å². The van der Waals surface area contributed by atoms with E-state index >= 15 is 0 Å². The Hall–Kier alpha value is -3.99. The first-order valence-electron chi connectivity index (χ1n) is 12.9. The van der Waals surface area contributed by atoms with Crippen LogP contribution in [-0.4, -0.2) is 54.9 Å². The highest BCUT2D eigenvalue weighted by atomic mass is 28.1. The molecule has 11 heteroatoms. The van der Waals surface area contributed by atoms with Gasteiger partial charge in [-0.3, -0.25) is 19.1 Å². The van der Waals surface area contributed by atoms with Crippen LogP contribution in [-0.2, 0) is 34.5 Å². The fourth-order valence-corrected chi connectivity index (χ4v) is 4.78. The molecule has 0 saturated carbocycles. The van der Waals surface area contributed by atoms with E-state index in [4.69, 9.17) is 0 Å². The van der Waals surface area contributed by atoms with E-state index in [0.29, 0.717) is 0 Å². The number of ketones is 1. The van der Waals surface area contributed by atoms with Crippen LogP contribution in [0, 0.1) is 5.92 Å². The SMILES string of the molecule is CCC(NC(=O)[C@@]([Si])(CC(C)C)NC(=O)NCc1ccccc1)C(=O)C(=O)NCc1ccc2cnn(C)c2c1. The Labute approximate surface area is 231 Å². The number of aromatic nitrogens is 2. The summed E-state index contributed by atoms with van der Waals surface area (Å²) in [4.78, 5) is 51.6. The summed E-state index contributed by atoms with van der Waals surface area (Å²) < 4.78 is 1.73. The molecule has 0 spiro atoms. The first-order chi connectivity index (χ1) is 18.5. The molecule has 3 aromatic rings. The third-order valence-electron chi connectivity index (χ3n) is 6.25. The van der Waals surface area contributed by atoms with Crippen molar-refractivity contribution in [2.24, 2.45) is 13.0 Å². The number of carbonyl (C=O) groups is 4. The highest BCUT2D eigenvalue weighted by Gasteiger charge is 2.38. The number of Topliss-reactive ketones (excluding diaryl/α,β-unsaturated/α-hetero) is 1. The number of nitrogens with zero attached hydrogens (tertiary/aromatic N) is 2. The molecule has 2 aromatic carbocycles. The number of fused-ring (bicyclic) bond motifs is 1. The second-order valence-electron chi connectivity index (χ2n) is 9.94. The van der Waals surface area contributed by atoms with Crippen LogP contribution < -0.4 is 21.3 Å². The van der Waals surface area contributed by atoms with E-state index < -0.39 is 34.8 Å². The second-order valence-corrected chi connectivity index (χ2v) is 10.8. The molecule has 0 saturated heterocycles. The summed E-state index contributed by atoms with van der Waals surface area (Å²) in [5.74, 6) is -2.15. The zero-order valence-electron chi connectivity index (χ0n) is 22.7. The van der Waals surface area contributed by atoms with Crippen LogP contribution in [0.15, 0.2) is 54.7 Å². The molecule has 10 nitrogen and oxygen atoms in total. The smallest absolute Gasteiger partial charge is 0.315 e. The van der Waals surface area contributed by atoms with Gasteiger partial charge in [0.2, 0.25) is 11.7 Å². The van der Waals surface area contributed by atoms with Gasteiger partial charge in [-0.05, 0) is 36.0 Å². The normalized spacial score (nSPS) is 13.4. The largest absolute Gasteiger partial charge is 0.345 e.